The first kappa shape index (κ1) is 13.8. The highest BCUT2D eigenvalue weighted by molar-refractivity contribution is 9.10. The Morgan fingerprint density at radius 1 is 1.16 bits per heavy atom. The maximum Gasteiger partial charge on any atom is 0.185 e. The van der Waals surface area contributed by atoms with Gasteiger partial charge in [0.15, 0.2) is 5.78 Å². The quantitative estimate of drug-likeness (QED) is 0.770. The fourth-order valence-corrected chi connectivity index (χ4v) is 2.52. The van der Waals surface area contributed by atoms with Gasteiger partial charge in [0.1, 0.15) is 5.92 Å². The van der Waals surface area contributed by atoms with Crippen molar-refractivity contribution in [3.63, 3.8) is 0 Å². The molecule has 0 spiro atoms. The fraction of sp³-hybridized carbons (Fsp3) is 0.0667. The van der Waals surface area contributed by atoms with E-state index in [1.54, 1.807) is 42.5 Å². The molecule has 19 heavy (non-hydrogen) atoms. The third-order valence-electron chi connectivity index (χ3n) is 2.75. The molecule has 0 amide bonds. The number of carbonyl (C=O) groups excluding carboxylic acids is 1. The maximum absolute atomic E-state index is 12.4. The van der Waals surface area contributed by atoms with E-state index in [2.05, 4.69) is 15.9 Å². The van der Waals surface area contributed by atoms with E-state index >= 15 is 0 Å². The van der Waals surface area contributed by atoms with Gasteiger partial charge in [0.25, 0.3) is 0 Å². The molecule has 4 heteroatoms. The summed E-state index contributed by atoms with van der Waals surface area (Å²) in [5, 5.41) is 9.71. The van der Waals surface area contributed by atoms with Gasteiger partial charge < -0.3 is 0 Å². The molecule has 0 heterocycles. The smallest absolute Gasteiger partial charge is 0.185 e. The molecule has 2 rings (SSSR count). The summed E-state index contributed by atoms with van der Waals surface area (Å²) < 4.78 is 0.673. The number of hydrogen-bond donors (Lipinski definition) is 0. The molecule has 1 unspecified atom stereocenters. The molecule has 0 radical (unpaired) electrons. The lowest BCUT2D eigenvalue weighted by atomic mass is 9.92. The SMILES string of the molecule is N#CC(C(=O)c1ccccc1Br)c1ccccc1Cl. The van der Waals surface area contributed by atoms with Gasteiger partial charge in [-0.05, 0) is 17.7 Å². The van der Waals surface area contributed by atoms with Crippen molar-refractivity contribution >= 4 is 33.3 Å². The number of Topliss-reactive ketones (excluding diaryl/α,β-unsaturated/α-hetero) is 1. The Morgan fingerprint density at radius 3 is 2.42 bits per heavy atom. The number of carbonyl (C=O) groups is 1. The Kier molecular flexibility index (Phi) is 4.36. The molecule has 94 valence electrons. The molecule has 0 N–H and O–H groups in total. The molecule has 0 saturated heterocycles. The van der Waals surface area contributed by atoms with Crippen LogP contribution in [-0.4, -0.2) is 5.78 Å². The molecular weight excluding hydrogens is 326 g/mol. The van der Waals surface area contributed by atoms with Crippen LogP contribution in [0, 0.1) is 11.3 Å². The second kappa shape index (κ2) is 6.01. The van der Waals surface area contributed by atoms with Crippen LogP contribution in [0.5, 0.6) is 0 Å². The summed E-state index contributed by atoms with van der Waals surface area (Å²) in [7, 11) is 0. The highest BCUT2D eigenvalue weighted by Gasteiger charge is 2.24. The molecule has 0 saturated carbocycles. The van der Waals surface area contributed by atoms with Crippen LogP contribution in [0.25, 0.3) is 0 Å². The molecule has 0 aliphatic carbocycles. The van der Waals surface area contributed by atoms with Crippen molar-refractivity contribution < 1.29 is 4.79 Å². The van der Waals surface area contributed by atoms with Gasteiger partial charge in [-0.1, -0.05) is 63.9 Å². The molecule has 1 atom stereocenters. The standard InChI is InChI=1S/C15H9BrClNO/c16-13-7-3-1-6-11(13)15(19)12(9-18)10-5-2-4-8-14(10)17/h1-8,12H. The summed E-state index contributed by atoms with van der Waals surface area (Å²) in [6, 6.07) is 16.0. The maximum atomic E-state index is 12.4. The number of benzene rings is 2. The highest BCUT2D eigenvalue weighted by atomic mass is 79.9. The van der Waals surface area contributed by atoms with Crippen LogP contribution in [0.4, 0.5) is 0 Å². The molecule has 0 fully saturated rings. The minimum absolute atomic E-state index is 0.261. The lowest BCUT2D eigenvalue weighted by Gasteiger charge is -2.11. The summed E-state index contributed by atoms with van der Waals surface area (Å²) in [6.45, 7) is 0. The Bertz CT molecular complexity index is 663. The van der Waals surface area contributed by atoms with Crippen LogP contribution in [0.2, 0.25) is 5.02 Å². The Hall–Kier alpha value is -1.63. The second-order valence-electron chi connectivity index (χ2n) is 3.93. The summed E-state index contributed by atoms with van der Waals surface area (Å²) in [5.41, 5.74) is 1.02. The van der Waals surface area contributed by atoms with Gasteiger partial charge in [-0.15, -0.1) is 0 Å². The molecule has 0 aliphatic rings. The van der Waals surface area contributed by atoms with E-state index in [1.807, 2.05) is 12.1 Å². The van der Waals surface area contributed by atoms with Crippen molar-refractivity contribution in [1.29, 1.82) is 5.26 Å². The lowest BCUT2D eigenvalue weighted by molar-refractivity contribution is 0.0978. The summed E-state index contributed by atoms with van der Waals surface area (Å²) in [4.78, 5) is 12.4. The predicted molar refractivity (Wildman–Crippen MR) is 78.3 cm³/mol. The van der Waals surface area contributed by atoms with Crippen molar-refractivity contribution in [2.75, 3.05) is 0 Å². The number of hydrogen-bond acceptors (Lipinski definition) is 2. The van der Waals surface area contributed by atoms with Gasteiger partial charge in [0.2, 0.25) is 0 Å². The average Bonchev–Trinajstić information content (AvgIpc) is 2.42. The zero-order valence-electron chi connectivity index (χ0n) is 9.81. The number of nitriles is 1. The van der Waals surface area contributed by atoms with Crippen LogP contribution in [0.1, 0.15) is 21.8 Å². The van der Waals surface area contributed by atoms with Crippen molar-refractivity contribution in [3.8, 4) is 6.07 Å². The van der Waals surface area contributed by atoms with Crippen molar-refractivity contribution in [2.24, 2.45) is 0 Å². The largest absolute Gasteiger partial charge is 0.292 e. The molecule has 0 aromatic heterocycles. The van der Waals surface area contributed by atoms with E-state index in [4.69, 9.17) is 11.6 Å². The van der Waals surface area contributed by atoms with Crippen molar-refractivity contribution in [3.05, 3.63) is 69.2 Å². The van der Waals surface area contributed by atoms with Gasteiger partial charge in [-0.2, -0.15) is 5.26 Å². The summed E-state index contributed by atoms with van der Waals surface area (Å²) in [6.07, 6.45) is 0. The zero-order valence-corrected chi connectivity index (χ0v) is 12.1. The van der Waals surface area contributed by atoms with E-state index < -0.39 is 5.92 Å². The monoisotopic (exact) mass is 333 g/mol. The predicted octanol–water partition coefficient (Wildman–Crippen LogP) is 4.59. The van der Waals surface area contributed by atoms with Crippen LogP contribution >= 0.6 is 27.5 Å². The number of nitrogens with zero attached hydrogens (tertiary/aromatic N) is 1. The first-order valence-electron chi connectivity index (χ1n) is 5.58. The van der Waals surface area contributed by atoms with Gasteiger partial charge in [0, 0.05) is 15.1 Å². The lowest BCUT2D eigenvalue weighted by Crippen LogP contribution is -2.12. The van der Waals surface area contributed by atoms with Crippen LogP contribution < -0.4 is 0 Å². The van der Waals surface area contributed by atoms with Gasteiger partial charge in [0.05, 0.1) is 6.07 Å². The minimum atomic E-state index is -0.896. The first-order valence-corrected chi connectivity index (χ1v) is 6.75. The van der Waals surface area contributed by atoms with Gasteiger partial charge in [-0.3, -0.25) is 4.79 Å². The molecule has 2 aromatic carbocycles. The normalized spacial score (nSPS) is 11.6. The fourth-order valence-electron chi connectivity index (χ4n) is 1.80. The van der Waals surface area contributed by atoms with E-state index in [0.29, 0.717) is 20.6 Å². The van der Waals surface area contributed by atoms with Crippen LogP contribution in [-0.2, 0) is 0 Å². The Morgan fingerprint density at radius 2 is 1.79 bits per heavy atom. The molecule has 0 aliphatic heterocycles. The van der Waals surface area contributed by atoms with E-state index in [1.165, 1.54) is 0 Å². The number of rotatable bonds is 3. The third-order valence-corrected chi connectivity index (χ3v) is 3.78. The molecule has 2 nitrogen and oxygen atoms in total. The van der Waals surface area contributed by atoms with Gasteiger partial charge in [-0.25, -0.2) is 0 Å². The topological polar surface area (TPSA) is 40.9 Å². The molecule has 0 bridgehead atoms. The van der Waals surface area contributed by atoms with Crippen LogP contribution in [0.3, 0.4) is 0 Å². The molecule has 2 aromatic rings. The Labute approximate surface area is 124 Å². The highest BCUT2D eigenvalue weighted by Crippen LogP contribution is 2.29. The van der Waals surface area contributed by atoms with Crippen molar-refractivity contribution in [1.82, 2.24) is 0 Å². The zero-order chi connectivity index (χ0) is 13.8. The van der Waals surface area contributed by atoms with Gasteiger partial charge >= 0.3 is 0 Å². The van der Waals surface area contributed by atoms with Crippen molar-refractivity contribution in [2.45, 2.75) is 5.92 Å². The van der Waals surface area contributed by atoms with E-state index in [0.717, 1.165) is 0 Å². The average molecular weight is 335 g/mol. The number of halogens is 2. The summed E-state index contributed by atoms with van der Waals surface area (Å²) >= 11 is 9.38. The number of ketones is 1. The first-order chi connectivity index (χ1) is 9.15. The minimum Gasteiger partial charge on any atom is -0.292 e. The Balaban J connectivity index is 2.45. The second-order valence-corrected chi connectivity index (χ2v) is 5.19. The summed E-state index contributed by atoms with van der Waals surface area (Å²) in [5.74, 6) is -1.16. The van der Waals surface area contributed by atoms with E-state index in [-0.39, 0.29) is 5.78 Å². The van der Waals surface area contributed by atoms with E-state index in [9.17, 15) is 10.1 Å². The molecular formula is C15H9BrClNO. The van der Waals surface area contributed by atoms with Crippen LogP contribution in [0.15, 0.2) is 53.0 Å². The third kappa shape index (κ3) is 2.86.